The Morgan fingerprint density at radius 1 is 1.24 bits per heavy atom. The Balaban J connectivity index is 2.03. The van der Waals surface area contributed by atoms with E-state index in [-0.39, 0.29) is 0 Å². The Morgan fingerprint density at radius 3 is 2.41 bits per heavy atom. The van der Waals surface area contributed by atoms with Crippen LogP contribution in [0, 0.1) is 6.92 Å². The van der Waals surface area contributed by atoms with Gasteiger partial charge in [-0.15, -0.1) is 0 Å². The van der Waals surface area contributed by atoms with Crippen LogP contribution in [-0.2, 0) is 0 Å². The molecule has 0 unspecified atom stereocenters. The summed E-state index contributed by atoms with van der Waals surface area (Å²) in [5.41, 5.74) is 9.30. The number of nitrogens with two attached hydrogens (primary N) is 1. The van der Waals surface area contributed by atoms with Crippen molar-refractivity contribution in [2.24, 2.45) is 0 Å². The van der Waals surface area contributed by atoms with Gasteiger partial charge in [0.05, 0.1) is 0 Å². The van der Waals surface area contributed by atoms with Gasteiger partial charge in [0.2, 0.25) is 0 Å². The highest BCUT2D eigenvalue weighted by atomic mass is 15.2. The molecule has 2 rings (SSSR count). The second-order valence-electron chi connectivity index (χ2n) is 5.22. The second kappa shape index (κ2) is 4.96. The number of nitrogen functional groups attached to an aromatic ring is 1. The van der Waals surface area contributed by atoms with Gasteiger partial charge in [-0.1, -0.05) is 6.07 Å². The van der Waals surface area contributed by atoms with Gasteiger partial charge >= 0.3 is 0 Å². The van der Waals surface area contributed by atoms with E-state index >= 15 is 0 Å². The highest BCUT2D eigenvalue weighted by Gasteiger charge is 2.20. The van der Waals surface area contributed by atoms with Gasteiger partial charge in [0.15, 0.2) is 0 Å². The Morgan fingerprint density at radius 2 is 1.88 bits per heavy atom. The second-order valence-corrected chi connectivity index (χ2v) is 5.22. The van der Waals surface area contributed by atoms with Crippen molar-refractivity contribution >= 4 is 11.4 Å². The first-order valence-corrected chi connectivity index (χ1v) is 6.35. The molecule has 0 aromatic heterocycles. The van der Waals surface area contributed by atoms with Crippen LogP contribution in [0.1, 0.15) is 18.4 Å². The third-order valence-electron chi connectivity index (χ3n) is 3.82. The van der Waals surface area contributed by atoms with Crippen molar-refractivity contribution < 1.29 is 0 Å². The van der Waals surface area contributed by atoms with E-state index in [0.717, 1.165) is 30.4 Å². The van der Waals surface area contributed by atoms with E-state index in [4.69, 9.17) is 5.73 Å². The third-order valence-corrected chi connectivity index (χ3v) is 3.82. The van der Waals surface area contributed by atoms with Gasteiger partial charge in [-0.05, 0) is 51.6 Å². The van der Waals surface area contributed by atoms with E-state index in [1.165, 1.54) is 18.5 Å². The molecule has 0 bridgehead atoms. The predicted octanol–water partition coefficient (Wildman–Crippen LogP) is 2.11. The molecule has 3 heteroatoms. The van der Waals surface area contributed by atoms with E-state index in [1.54, 1.807) is 0 Å². The molecular formula is C14H23N3. The molecule has 94 valence electrons. The Kier molecular flexibility index (Phi) is 3.57. The fraction of sp³-hybridized carbons (Fsp3) is 0.571. The van der Waals surface area contributed by atoms with Crippen LogP contribution in [0.3, 0.4) is 0 Å². The van der Waals surface area contributed by atoms with Crippen LogP contribution in [0.5, 0.6) is 0 Å². The third kappa shape index (κ3) is 2.72. The monoisotopic (exact) mass is 233 g/mol. The van der Waals surface area contributed by atoms with E-state index in [9.17, 15) is 0 Å². The topological polar surface area (TPSA) is 32.5 Å². The normalized spacial score (nSPS) is 17.8. The first-order chi connectivity index (χ1) is 8.08. The van der Waals surface area contributed by atoms with Crippen molar-refractivity contribution in [3.05, 3.63) is 23.8 Å². The van der Waals surface area contributed by atoms with Gasteiger partial charge in [-0.3, -0.25) is 0 Å². The van der Waals surface area contributed by atoms with Crippen molar-refractivity contribution in [3.63, 3.8) is 0 Å². The Hall–Kier alpha value is -1.22. The number of hydrogen-bond donors (Lipinski definition) is 1. The largest absolute Gasteiger partial charge is 0.398 e. The highest BCUT2D eigenvalue weighted by Crippen LogP contribution is 2.24. The molecule has 1 heterocycles. The standard InChI is InChI=1S/C14H23N3/c1-11-4-5-13(10-14(11)15)17-8-6-12(7-9-17)16(2)3/h4-5,10,12H,6-9,15H2,1-3H3. The van der Waals surface area contributed by atoms with Gasteiger partial charge in [-0.2, -0.15) is 0 Å². The van der Waals surface area contributed by atoms with Crippen LogP contribution in [0.15, 0.2) is 18.2 Å². The van der Waals surface area contributed by atoms with E-state index < -0.39 is 0 Å². The van der Waals surface area contributed by atoms with Crippen LogP contribution in [-0.4, -0.2) is 38.1 Å². The minimum atomic E-state index is 0.731. The van der Waals surface area contributed by atoms with E-state index in [2.05, 4.69) is 49.0 Å². The maximum absolute atomic E-state index is 5.97. The van der Waals surface area contributed by atoms with E-state index in [0.29, 0.717) is 0 Å². The zero-order valence-electron chi connectivity index (χ0n) is 11.1. The maximum Gasteiger partial charge on any atom is 0.0387 e. The quantitative estimate of drug-likeness (QED) is 0.794. The molecule has 0 amide bonds. The summed E-state index contributed by atoms with van der Waals surface area (Å²) in [5, 5.41) is 0. The van der Waals surface area contributed by atoms with Gasteiger partial charge in [0.1, 0.15) is 0 Å². The smallest absolute Gasteiger partial charge is 0.0387 e. The summed E-state index contributed by atoms with van der Waals surface area (Å²) in [7, 11) is 4.34. The first-order valence-electron chi connectivity index (χ1n) is 6.35. The van der Waals surface area contributed by atoms with Crippen molar-refractivity contribution in [2.45, 2.75) is 25.8 Å². The summed E-state index contributed by atoms with van der Waals surface area (Å²) in [6.07, 6.45) is 2.47. The van der Waals surface area contributed by atoms with Gasteiger partial charge in [-0.25, -0.2) is 0 Å². The molecule has 0 saturated carbocycles. The first kappa shape index (κ1) is 12.2. The summed E-state index contributed by atoms with van der Waals surface area (Å²) < 4.78 is 0. The summed E-state index contributed by atoms with van der Waals surface area (Å²) in [6.45, 7) is 4.31. The number of nitrogens with zero attached hydrogens (tertiary/aromatic N) is 2. The van der Waals surface area contributed by atoms with Crippen LogP contribution in [0.25, 0.3) is 0 Å². The van der Waals surface area contributed by atoms with Crippen molar-refractivity contribution in [1.82, 2.24) is 4.90 Å². The molecular weight excluding hydrogens is 210 g/mol. The fourth-order valence-corrected chi connectivity index (χ4v) is 2.47. The molecule has 1 aromatic carbocycles. The Bertz CT molecular complexity index is 379. The number of anilines is 2. The average molecular weight is 233 g/mol. The van der Waals surface area contributed by atoms with Crippen LogP contribution < -0.4 is 10.6 Å². The maximum atomic E-state index is 5.97. The number of hydrogen-bond acceptors (Lipinski definition) is 3. The number of piperidine rings is 1. The van der Waals surface area contributed by atoms with Gasteiger partial charge < -0.3 is 15.5 Å². The average Bonchev–Trinajstić information content (AvgIpc) is 2.33. The molecule has 1 saturated heterocycles. The molecule has 1 aliphatic rings. The number of benzene rings is 1. The minimum absolute atomic E-state index is 0.731. The molecule has 1 aromatic rings. The molecule has 0 radical (unpaired) electrons. The minimum Gasteiger partial charge on any atom is -0.398 e. The fourth-order valence-electron chi connectivity index (χ4n) is 2.47. The lowest BCUT2D eigenvalue weighted by atomic mass is 10.0. The number of rotatable bonds is 2. The van der Waals surface area contributed by atoms with Crippen molar-refractivity contribution in [3.8, 4) is 0 Å². The molecule has 0 atom stereocenters. The molecule has 3 nitrogen and oxygen atoms in total. The van der Waals surface area contributed by atoms with E-state index in [1.807, 2.05) is 0 Å². The molecule has 1 aliphatic heterocycles. The number of aryl methyl sites for hydroxylation is 1. The zero-order chi connectivity index (χ0) is 12.4. The summed E-state index contributed by atoms with van der Waals surface area (Å²) in [4.78, 5) is 4.77. The van der Waals surface area contributed by atoms with Gasteiger partial charge in [0.25, 0.3) is 0 Å². The van der Waals surface area contributed by atoms with Crippen molar-refractivity contribution in [2.75, 3.05) is 37.8 Å². The predicted molar refractivity (Wildman–Crippen MR) is 74.5 cm³/mol. The Labute approximate surface area is 104 Å². The summed E-state index contributed by atoms with van der Waals surface area (Å²) in [5.74, 6) is 0. The SMILES string of the molecule is Cc1ccc(N2CCC(N(C)C)CC2)cc1N. The molecule has 1 fully saturated rings. The lowest BCUT2D eigenvalue weighted by Crippen LogP contribution is -2.42. The van der Waals surface area contributed by atoms with Gasteiger partial charge in [0, 0.05) is 30.5 Å². The van der Waals surface area contributed by atoms with Crippen LogP contribution in [0.4, 0.5) is 11.4 Å². The summed E-state index contributed by atoms with van der Waals surface area (Å²) in [6, 6.07) is 7.13. The molecule has 2 N–H and O–H groups in total. The lowest BCUT2D eigenvalue weighted by Gasteiger charge is -2.36. The summed E-state index contributed by atoms with van der Waals surface area (Å²) >= 11 is 0. The van der Waals surface area contributed by atoms with Crippen molar-refractivity contribution in [1.29, 1.82) is 0 Å². The highest BCUT2D eigenvalue weighted by molar-refractivity contribution is 5.59. The molecule has 0 spiro atoms. The van der Waals surface area contributed by atoms with Crippen LogP contribution in [0.2, 0.25) is 0 Å². The molecule has 0 aliphatic carbocycles. The zero-order valence-corrected chi connectivity index (χ0v) is 11.1. The molecule has 17 heavy (non-hydrogen) atoms. The lowest BCUT2D eigenvalue weighted by molar-refractivity contribution is 0.249. The van der Waals surface area contributed by atoms with Crippen LogP contribution >= 0.6 is 0 Å².